The van der Waals surface area contributed by atoms with Crippen LogP contribution >= 0.6 is 69.0 Å². The fraction of sp³-hybridized carbons (Fsp3) is 0.0909. The summed E-state index contributed by atoms with van der Waals surface area (Å²) in [6.45, 7) is -0.227. The zero-order valence-corrected chi connectivity index (χ0v) is 14.5. The van der Waals surface area contributed by atoms with E-state index in [1.165, 1.54) is 0 Å². The van der Waals surface area contributed by atoms with Crippen molar-refractivity contribution in [2.24, 2.45) is 0 Å². The van der Waals surface area contributed by atoms with Crippen LogP contribution in [0.2, 0.25) is 20.1 Å². The lowest BCUT2D eigenvalue weighted by Crippen LogP contribution is -2.14. The predicted octanol–water partition coefficient (Wildman–Crippen LogP) is 4.55. The molecule has 0 bridgehead atoms. The van der Waals surface area contributed by atoms with Crippen LogP contribution in [-0.2, 0) is 4.74 Å². The van der Waals surface area contributed by atoms with Crippen molar-refractivity contribution in [3.8, 4) is 9.85 Å². The fourth-order valence-corrected chi connectivity index (χ4v) is 2.39. The van der Waals surface area contributed by atoms with Gasteiger partial charge in [0, 0.05) is 22.6 Å². The first-order valence-electron chi connectivity index (χ1n) is 4.67. The lowest BCUT2D eigenvalue weighted by atomic mass is 10.1. The molecule has 106 valence electrons. The Balaban J connectivity index is 3.46. The molecule has 0 aliphatic heterocycles. The number of carboxylic acids is 1. The quantitative estimate of drug-likeness (QED) is 0.233. The molecule has 1 aromatic carbocycles. The summed E-state index contributed by atoms with van der Waals surface area (Å²) in [5.41, 5.74) is -1.03. The van der Waals surface area contributed by atoms with Gasteiger partial charge in [0.2, 0.25) is 0 Å². The predicted molar refractivity (Wildman–Crippen MR) is 85.5 cm³/mol. The second kappa shape index (κ2) is 7.57. The van der Waals surface area contributed by atoms with E-state index in [1.807, 2.05) is 0 Å². The standard InChI is InChI=1S/C11H3Cl4IO4/c12-6-4(10(17)18)5(7(13)9(15)8(6)14)11(19)20-3-1-2-16/h3H2,(H,17,18). The molecule has 0 heterocycles. The van der Waals surface area contributed by atoms with E-state index in [9.17, 15) is 9.59 Å². The maximum absolute atomic E-state index is 11.9. The highest BCUT2D eigenvalue weighted by molar-refractivity contribution is 14.1. The van der Waals surface area contributed by atoms with Gasteiger partial charge in [0.15, 0.2) is 6.61 Å². The van der Waals surface area contributed by atoms with Crippen LogP contribution in [0.15, 0.2) is 0 Å². The Labute approximate surface area is 147 Å². The van der Waals surface area contributed by atoms with Gasteiger partial charge in [0.1, 0.15) is 0 Å². The number of carboxylic acid groups (broad SMARTS) is 1. The molecule has 0 amide bonds. The summed E-state index contributed by atoms with van der Waals surface area (Å²) < 4.78 is 7.24. The van der Waals surface area contributed by atoms with Crippen LogP contribution in [0.25, 0.3) is 0 Å². The van der Waals surface area contributed by atoms with Gasteiger partial charge in [-0.15, -0.1) is 0 Å². The molecule has 1 aromatic rings. The smallest absolute Gasteiger partial charge is 0.341 e. The SMILES string of the molecule is O=C(O)c1c(Cl)c(Cl)c(Cl)c(Cl)c1C(=O)OCC#CI. The average Bonchev–Trinajstić information content (AvgIpc) is 2.39. The van der Waals surface area contributed by atoms with Gasteiger partial charge in [-0.2, -0.15) is 0 Å². The van der Waals surface area contributed by atoms with Crippen LogP contribution in [0.4, 0.5) is 0 Å². The van der Waals surface area contributed by atoms with Crippen LogP contribution in [0.1, 0.15) is 20.7 Å². The van der Waals surface area contributed by atoms with Gasteiger partial charge in [-0.25, -0.2) is 9.59 Å². The Kier molecular flexibility index (Phi) is 6.69. The van der Waals surface area contributed by atoms with Crippen LogP contribution in [0, 0.1) is 9.85 Å². The Morgan fingerprint density at radius 2 is 1.55 bits per heavy atom. The molecular weight excluding hydrogens is 465 g/mol. The van der Waals surface area contributed by atoms with E-state index >= 15 is 0 Å². The Bertz CT molecular complexity index is 648. The summed E-state index contributed by atoms with van der Waals surface area (Å²) in [6.07, 6.45) is 0. The highest BCUT2D eigenvalue weighted by atomic mass is 127. The summed E-state index contributed by atoms with van der Waals surface area (Å²) >= 11 is 24.9. The van der Waals surface area contributed by atoms with Crippen molar-refractivity contribution in [2.45, 2.75) is 0 Å². The number of esters is 1. The number of benzene rings is 1. The summed E-state index contributed by atoms with van der Waals surface area (Å²) in [5.74, 6) is -0.0225. The number of carbonyl (C=O) groups is 2. The average molecular weight is 468 g/mol. The van der Waals surface area contributed by atoms with Gasteiger partial charge in [-0.05, 0) is 3.93 Å². The first-order valence-corrected chi connectivity index (χ1v) is 7.26. The lowest BCUT2D eigenvalue weighted by molar-refractivity contribution is 0.0543. The van der Waals surface area contributed by atoms with Crippen molar-refractivity contribution < 1.29 is 19.4 Å². The third-order valence-electron chi connectivity index (χ3n) is 2.03. The molecule has 9 heteroatoms. The van der Waals surface area contributed by atoms with Gasteiger partial charge in [0.25, 0.3) is 0 Å². The molecule has 0 radical (unpaired) electrons. The van der Waals surface area contributed by atoms with Crippen LogP contribution in [0.3, 0.4) is 0 Å². The minimum Gasteiger partial charge on any atom is -0.478 e. The summed E-state index contributed by atoms with van der Waals surface area (Å²) in [4.78, 5) is 23.1. The minimum absolute atomic E-state index is 0.227. The number of ether oxygens (including phenoxy) is 1. The number of carbonyl (C=O) groups excluding carboxylic acids is 1. The molecule has 0 saturated heterocycles. The largest absolute Gasteiger partial charge is 0.478 e. The molecule has 4 nitrogen and oxygen atoms in total. The summed E-state index contributed by atoms with van der Waals surface area (Å²) in [5, 5.41) is 7.92. The van der Waals surface area contributed by atoms with Gasteiger partial charge in [0.05, 0.1) is 31.2 Å². The third kappa shape index (κ3) is 3.62. The van der Waals surface area contributed by atoms with E-state index < -0.39 is 23.1 Å². The molecule has 0 aliphatic rings. The zero-order valence-electron chi connectivity index (χ0n) is 9.27. The Morgan fingerprint density at radius 1 is 1.05 bits per heavy atom. The molecule has 20 heavy (non-hydrogen) atoms. The van der Waals surface area contributed by atoms with Crippen molar-refractivity contribution in [2.75, 3.05) is 6.61 Å². The number of halogens is 5. The molecule has 0 saturated carbocycles. The van der Waals surface area contributed by atoms with Crippen molar-refractivity contribution in [3.05, 3.63) is 31.2 Å². The van der Waals surface area contributed by atoms with E-state index in [2.05, 4.69) is 9.85 Å². The molecule has 0 unspecified atom stereocenters. The minimum atomic E-state index is -1.48. The van der Waals surface area contributed by atoms with Gasteiger partial charge >= 0.3 is 11.9 Å². The molecule has 0 atom stereocenters. The van der Waals surface area contributed by atoms with Crippen molar-refractivity contribution in [3.63, 3.8) is 0 Å². The maximum atomic E-state index is 11.9. The highest BCUT2D eigenvalue weighted by Gasteiger charge is 2.29. The topological polar surface area (TPSA) is 63.6 Å². The van der Waals surface area contributed by atoms with E-state index in [4.69, 9.17) is 56.2 Å². The number of rotatable bonds is 3. The number of aromatic carboxylic acids is 1. The normalized spacial score (nSPS) is 9.65. The number of hydrogen-bond acceptors (Lipinski definition) is 3. The Morgan fingerprint density at radius 3 is 2.00 bits per heavy atom. The molecule has 0 spiro atoms. The van der Waals surface area contributed by atoms with Gasteiger partial charge in [-0.3, -0.25) is 0 Å². The van der Waals surface area contributed by atoms with Gasteiger partial charge in [-0.1, -0.05) is 52.3 Å². The molecule has 0 aromatic heterocycles. The van der Waals surface area contributed by atoms with Crippen molar-refractivity contribution >= 4 is 80.9 Å². The van der Waals surface area contributed by atoms with Crippen molar-refractivity contribution in [1.82, 2.24) is 0 Å². The van der Waals surface area contributed by atoms with E-state index in [0.717, 1.165) is 0 Å². The zero-order chi connectivity index (χ0) is 15.4. The first kappa shape index (κ1) is 17.7. The molecule has 1 rings (SSSR count). The summed E-state index contributed by atoms with van der Waals surface area (Å²) in [6, 6.07) is 0. The lowest BCUT2D eigenvalue weighted by Gasteiger charge is -2.12. The second-order valence-electron chi connectivity index (χ2n) is 3.16. The van der Waals surface area contributed by atoms with E-state index in [-0.39, 0.29) is 26.7 Å². The fourth-order valence-electron chi connectivity index (χ4n) is 1.23. The van der Waals surface area contributed by atoms with Gasteiger partial charge < -0.3 is 9.84 Å². The Hall–Kier alpha value is -0.390. The molecular formula is C11H3Cl4IO4. The van der Waals surface area contributed by atoms with Crippen LogP contribution < -0.4 is 0 Å². The maximum Gasteiger partial charge on any atom is 0.341 e. The molecule has 1 N–H and O–H groups in total. The van der Waals surface area contributed by atoms with E-state index in [0.29, 0.717) is 0 Å². The second-order valence-corrected chi connectivity index (χ2v) is 5.21. The number of hydrogen-bond donors (Lipinski definition) is 1. The first-order chi connectivity index (χ1) is 9.32. The highest BCUT2D eigenvalue weighted by Crippen LogP contribution is 2.41. The summed E-state index contributed by atoms with van der Waals surface area (Å²) in [7, 11) is 0. The third-order valence-corrected chi connectivity index (χ3v) is 4.21. The van der Waals surface area contributed by atoms with Crippen molar-refractivity contribution in [1.29, 1.82) is 0 Å². The molecule has 0 aliphatic carbocycles. The van der Waals surface area contributed by atoms with Crippen LogP contribution in [-0.4, -0.2) is 23.7 Å². The van der Waals surface area contributed by atoms with Crippen LogP contribution in [0.5, 0.6) is 0 Å². The van der Waals surface area contributed by atoms with E-state index in [1.54, 1.807) is 22.6 Å². The monoisotopic (exact) mass is 466 g/mol. The molecule has 0 fully saturated rings.